The van der Waals surface area contributed by atoms with E-state index in [0.29, 0.717) is 0 Å². The van der Waals surface area contributed by atoms with Gasteiger partial charge in [0, 0.05) is 5.39 Å². The molecule has 0 atom stereocenters. The number of ketones is 1. The van der Waals surface area contributed by atoms with Crippen LogP contribution in [0.5, 0.6) is 5.75 Å². The molecule has 1 heterocycles. The molecule has 0 radical (unpaired) electrons. The molecule has 16 heavy (non-hydrogen) atoms. The van der Waals surface area contributed by atoms with E-state index < -0.39 is 11.8 Å². The first-order valence-electron chi connectivity index (χ1n) is 4.49. The molecule has 0 fully saturated rings. The lowest BCUT2D eigenvalue weighted by Crippen LogP contribution is -2.01. The third kappa shape index (κ3) is 1.33. The second kappa shape index (κ2) is 3.37. The van der Waals surface area contributed by atoms with Gasteiger partial charge in [0.25, 0.3) is 0 Å². The number of fused-ring (bicyclic) bond motifs is 1. The van der Waals surface area contributed by atoms with Gasteiger partial charge in [0.1, 0.15) is 0 Å². The van der Waals surface area contributed by atoms with E-state index in [0.717, 1.165) is 6.07 Å². The molecule has 5 heteroatoms. The number of carbonyl (C=O) groups is 2. The Balaban J connectivity index is 2.90. The number of phenolic OH excluding ortho intramolecular Hbond substituents is 1. The Kier molecular flexibility index (Phi) is 2.16. The highest BCUT2D eigenvalue weighted by atomic mass is 16.4. The van der Waals surface area contributed by atoms with Crippen molar-refractivity contribution < 1.29 is 24.2 Å². The fourth-order valence-corrected chi connectivity index (χ4v) is 1.56. The maximum absolute atomic E-state index is 11.2. The van der Waals surface area contributed by atoms with Gasteiger partial charge in [-0.1, -0.05) is 0 Å². The summed E-state index contributed by atoms with van der Waals surface area (Å²) in [5, 5.41) is 18.9. The number of phenols is 1. The molecule has 0 aliphatic heterocycles. The number of furan rings is 1. The van der Waals surface area contributed by atoms with Crippen LogP contribution in [-0.2, 0) is 0 Å². The minimum absolute atomic E-state index is 0.0186. The first kappa shape index (κ1) is 10.2. The molecule has 1 aromatic carbocycles. The Morgan fingerprint density at radius 1 is 1.31 bits per heavy atom. The van der Waals surface area contributed by atoms with Crippen molar-refractivity contribution in [1.82, 2.24) is 0 Å². The molecule has 0 amide bonds. The SMILES string of the molecule is CC(=O)c1cc(C(=O)O)c2ccoc2c1O. The normalized spacial score (nSPS) is 10.6. The highest BCUT2D eigenvalue weighted by Crippen LogP contribution is 2.32. The molecule has 2 aromatic rings. The summed E-state index contributed by atoms with van der Waals surface area (Å²) in [6, 6.07) is 2.58. The second-order valence-corrected chi connectivity index (χ2v) is 3.35. The second-order valence-electron chi connectivity index (χ2n) is 3.35. The maximum atomic E-state index is 11.2. The molecule has 2 rings (SSSR count). The summed E-state index contributed by atoms with van der Waals surface area (Å²) in [5.74, 6) is -1.91. The molecule has 1 aromatic heterocycles. The highest BCUT2D eigenvalue weighted by Gasteiger charge is 2.19. The van der Waals surface area contributed by atoms with E-state index in [9.17, 15) is 14.7 Å². The Labute approximate surface area is 89.9 Å². The minimum atomic E-state index is -1.17. The number of Topliss-reactive ketones (excluding diaryl/α,β-unsaturated/α-hetero) is 1. The number of aromatic carboxylic acids is 1. The van der Waals surface area contributed by atoms with Crippen molar-refractivity contribution in [3.05, 3.63) is 29.5 Å². The van der Waals surface area contributed by atoms with Crippen LogP contribution in [-0.4, -0.2) is 22.0 Å². The van der Waals surface area contributed by atoms with Crippen LogP contribution in [0.4, 0.5) is 0 Å². The Bertz CT molecular complexity index is 594. The van der Waals surface area contributed by atoms with Crippen molar-refractivity contribution in [2.24, 2.45) is 0 Å². The summed E-state index contributed by atoms with van der Waals surface area (Å²) in [7, 11) is 0. The van der Waals surface area contributed by atoms with Crippen LogP contribution < -0.4 is 0 Å². The van der Waals surface area contributed by atoms with E-state index in [1.54, 1.807) is 0 Å². The van der Waals surface area contributed by atoms with E-state index in [2.05, 4.69) is 0 Å². The lowest BCUT2D eigenvalue weighted by atomic mass is 10.0. The number of carboxylic acids is 1. The van der Waals surface area contributed by atoms with Gasteiger partial charge in [-0.15, -0.1) is 0 Å². The standard InChI is InChI=1S/C11H8O5/c1-5(12)7-4-8(11(14)15)6-2-3-16-10(6)9(7)13/h2-4,13H,1H3,(H,14,15). The summed E-state index contributed by atoms with van der Waals surface area (Å²) in [4.78, 5) is 22.2. The summed E-state index contributed by atoms with van der Waals surface area (Å²) in [6.07, 6.45) is 1.26. The number of rotatable bonds is 2. The molecule has 0 bridgehead atoms. The largest absolute Gasteiger partial charge is 0.504 e. The van der Waals surface area contributed by atoms with Crippen LogP contribution in [0.2, 0.25) is 0 Å². The zero-order valence-electron chi connectivity index (χ0n) is 8.35. The first-order valence-corrected chi connectivity index (χ1v) is 4.49. The van der Waals surface area contributed by atoms with E-state index in [-0.39, 0.29) is 27.8 Å². The quantitative estimate of drug-likeness (QED) is 0.756. The zero-order chi connectivity index (χ0) is 11.9. The van der Waals surface area contributed by atoms with E-state index in [1.165, 1.54) is 19.3 Å². The fraction of sp³-hybridized carbons (Fsp3) is 0.0909. The number of carbonyl (C=O) groups excluding carboxylic acids is 1. The van der Waals surface area contributed by atoms with Gasteiger partial charge in [-0.3, -0.25) is 4.79 Å². The van der Waals surface area contributed by atoms with E-state index in [4.69, 9.17) is 9.52 Å². The van der Waals surface area contributed by atoms with Gasteiger partial charge in [0.2, 0.25) is 0 Å². The topological polar surface area (TPSA) is 87.7 Å². The number of carboxylic acid groups (broad SMARTS) is 1. The van der Waals surface area contributed by atoms with Crippen molar-refractivity contribution >= 4 is 22.7 Å². The number of hydrogen-bond acceptors (Lipinski definition) is 4. The average Bonchev–Trinajstić information content (AvgIpc) is 2.66. The first-order chi connectivity index (χ1) is 7.52. The molecule has 0 saturated carbocycles. The molecule has 82 valence electrons. The van der Waals surface area contributed by atoms with Gasteiger partial charge < -0.3 is 14.6 Å². The van der Waals surface area contributed by atoms with Crippen LogP contribution in [0, 0.1) is 0 Å². The molecule has 5 nitrogen and oxygen atoms in total. The summed E-state index contributed by atoms with van der Waals surface area (Å²) in [5.41, 5.74) is -0.100. The van der Waals surface area contributed by atoms with Gasteiger partial charge in [-0.25, -0.2) is 4.79 Å². The molecular weight excluding hydrogens is 212 g/mol. The Hall–Kier alpha value is -2.30. The van der Waals surface area contributed by atoms with Gasteiger partial charge in [0.15, 0.2) is 17.1 Å². The predicted octanol–water partition coefficient (Wildman–Crippen LogP) is 2.04. The van der Waals surface area contributed by atoms with Crippen molar-refractivity contribution in [3.63, 3.8) is 0 Å². The third-order valence-electron chi connectivity index (χ3n) is 2.32. The number of aromatic hydroxyl groups is 1. The summed E-state index contributed by atoms with van der Waals surface area (Å²) >= 11 is 0. The Morgan fingerprint density at radius 2 is 2.00 bits per heavy atom. The molecule has 0 aliphatic carbocycles. The van der Waals surface area contributed by atoms with Crippen LogP contribution in [0.25, 0.3) is 11.0 Å². The number of hydrogen-bond donors (Lipinski definition) is 2. The average molecular weight is 220 g/mol. The van der Waals surface area contributed by atoms with Gasteiger partial charge in [-0.05, 0) is 19.1 Å². The predicted molar refractivity (Wildman–Crippen MR) is 54.8 cm³/mol. The molecule has 0 spiro atoms. The van der Waals surface area contributed by atoms with Crippen LogP contribution >= 0.6 is 0 Å². The van der Waals surface area contributed by atoms with Crippen molar-refractivity contribution in [2.75, 3.05) is 0 Å². The number of benzene rings is 1. The van der Waals surface area contributed by atoms with Crippen molar-refractivity contribution in [1.29, 1.82) is 0 Å². The summed E-state index contributed by atoms with van der Waals surface area (Å²) in [6.45, 7) is 1.25. The van der Waals surface area contributed by atoms with Crippen molar-refractivity contribution in [3.8, 4) is 5.75 Å². The zero-order valence-corrected chi connectivity index (χ0v) is 8.35. The van der Waals surface area contributed by atoms with Gasteiger partial charge in [-0.2, -0.15) is 0 Å². The third-order valence-corrected chi connectivity index (χ3v) is 2.32. The van der Waals surface area contributed by atoms with Crippen molar-refractivity contribution in [2.45, 2.75) is 6.92 Å². The lowest BCUT2D eigenvalue weighted by Gasteiger charge is -2.04. The lowest BCUT2D eigenvalue weighted by molar-refractivity contribution is 0.0699. The molecule has 0 saturated heterocycles. The fourth-order valence-electron chi connectivity index (χ4n) is 1.56. The Morgan fingerprint density at radius 3 is 2.56 bits per heavy atom. The monoisotopic (exact) mass is 220 g/mol. The molecule has 0 unspecified atom stereocenters. The van der Waals surface area contributed by atoms with Crippen LogP contribution in [0.1, 0.15) is 27.6 Å². The van der Waals surface area contributed by atoms with Gasteiger partial charge in [0.05, 0.1) is 17.4 Å². The van der Waals surface area contributed by atoms with Crippen LogP contribution in [0.3, 0.4) is 0 Å². The molecule has 2 N–H and O–H groups in total. The molecule has 0 aliphatic rings. The molecular formula is C11H8O5. The van der Waals surface area contributed by atoms with Crippen LogP contribution in [0.15, 0.2) is 22.8 Å². The minimum Gasteiger partial charge on any atom is -0.504 e. The maximum Gasteiger partial charge on any atom is 0.336 e. The van der Waals surface area contributed by atoms with E-state index in [1.807, 2.05) is 0 Å². The summed E-state index contributed by atoms with van der Waals surface area (Å²) < 4.78 is 4.96. The highest BCUT2D eigenvalue weighted by molar-refractivity contribution is 6.10. The smallest absolute Gasteiger partial charge is 0.336 e. The van der Waals surface area contributed by atoms with E-state index >= 15 is 0 Å². The van der Waals surface area contributed by atoms with Gasteiger partial charge >= 0.3 is 5.97 Å².